The number of carbonyl (C=O) groups is 5. The molecule has 0 radical (unpaired) electrons. The van der Waals surface area contributed by atoms with Gasteiger partial charge in [-0.05, 0) is 103 Å². The second-order valence-corrected chi connectivity index (χ2v) is 25.7. The van der Waals surface area contributed by atoms with Crippen LogP contribution in [0, 0.1) is 0 Å². The summed E-state index contributed by atoms with van der Waals surface area (Å²) in [6, 6.07) is 38.5. The fourth-order valence-corrected chi connectivity index (χ4v) is 14.2. The first-order chi connectivity index (χ1) is 39.7. The number of aromatic nitrogens is 1. The van der Waals surface area contributed by atoms with Gasteiger partial charge in [-0.1, -0.05) is 108 Å². The molecule has 1 saturated heterocycles. The Hall–Kier alpha value is -7.70. The van der Waals surface area contributed by atoms with Crippen LogP contribution in [0.25, 0.3) is 10.1 Å². The third-order valence-corrected chi connectivity index (χ3v) is 18.4. The summed E-state index contributed by atoms with van der Waals surface area (Å²) in [5, 5.41) is 12.2. The SMILES string of the molecule is CO/N=C(\C(=O)NC1C(=O)N2C(C(=O)OCc3ccc(OC)cc3)=C(CSc3sc4cc(OC(=O)OC(C)(C)C)c(OC(=O)OC(C)(C)C)cc4c(=O)c3Br)CS[C@H]12)c1csc(NC(c2ccccc2)(c2ccccc2)c2ccccc2)n1. The Bertz CT molecular complexity index is 3600. The van der Waals surface area contributed by atoms with Gasteiger partial charge >= 0.3 is 18.3 Å². The molecule has 430 valence electrons. The van der Waals surface area contributed by atoms with Crippen LogP contribution in [0.5, 0.6) is 17.2 Å². The number of methoxy groups -OCH3 is 1. The van der Waals surface area contributed by atoms with Gasteiger partial charge in [-0.25, -0.2) is 19.4 Å². The smallest absolute Gasteiger partial charge is 0.497 e. The number of carbonyl (C=O) groups excluding carboxylic acids is 5. The molecular formula is C60H56BrN5O13S4. The quantitative estimate of drug-likeness (QED) is 0.0119. The standard InChI is InChI=1S/C60H56BrN5O13S4/c1-58(2,3)78-56(71)76-42-28-40-44(29-43(42)77-57(72)79-59(4,5)6)83-54(45(61)49(40)67)81-32-35-31-80-52-47(51(69)66(52)48(35)53(70)75-30-34-24-26-39(73-7)27-25-34)63-50(68)46(65-74-8)41-33-82-55(62-41)64-60(36-18-12-9-13-19-36,37-20-14-10-15-21-37)38-22-16-11-17-23-38/h9-29,33,47,52H,30-32H2,1-8H3,(H,62,64)(H,63,68)/b65-46-/t47?,52-/m1/s1. The Labute approximate surface area is 503 Å². The summed E-state index contributed by atoms with van der Waals surface area (Å²) in [6.45, 7) is 9.78. The molecule has 0 spiro atoms. The minimum absolute atomic E-state index is 0.00812. The van der Waals surface area contributed by atoms with Gasteiger partial charge in [-0.2, -0.15) is 0 Å². The molecule has 2 aliphatic heterocycles. The molecule has 7 aromatic rings. The fourth-order valence-electron chi connectivity index (χ4n) is 8.89. The lowest BCUT2D eigenvalue weighted by molar-refractivity contribution is -0.153. The van der Waals surface area contributed by atoms with E-state index in [0.717, 1.165) is 28.0 Å². The number of esters is 1. The number of ether oxygens (including phenoxy) is 6. The van der Waals surface area contributed by atoms with Crippen LogP contribution in [-0.4, -0.2) is 94.0 Å². The predicted octanol–water partition coefficient (Wildman–Crippen LogP) is 12.1. The van der Waals surface area contributed by atoms with Gasteiger partial charge in [-0.15, -0.1) is 46.2 Å². The summed E-state index contributed by atoms with van der Waals surface area (Å²) >= 11 is 8.44. The molecule has 0 saturated carbocycles. The van der Waals surface area contributed by atoms with E-state index < -0.39 is 63.7 Å². The first kappa shape index (κ1) is 59.9. The molecule has 2 amide bonds. The van der Waals surface area contributed by atoms with E-state index in [1.54, 1.807) is 78.3 Å². The Morgan fingerprint density at radius 1 is 0.783 bits per heavy atom. The molecule has 2 aromatic heterocycles. The lowest BCUT2D eigenvalue weighted by Gasteiger charge is -2.49. The first-order valence-corrected chi connectivity index (χ1v) is 30.2. The zero-order chi connectivity index (χ0) is 59.2. The van der Waals surface area contributed by atoms with E-state index in [2.05, 4.69) is 31.7 Å². The van der Waals surface area contributed by atoms with E-state index in [9.17, 15) is 28.8 Å². The van der Waals surface area contributed by atoms with Gasteiger partial charge in [0.1, 0.15) is 59.0 Å². The number of hydrogen-bond donors (Lipinski definition) is 2. The highest BCUT2D eigenvalue weighted by Crippen LogP contribution is 2.45. The molecular weight excluding hydrogens is 1210 g/mol. The van der Waals surface area contributed by atoms with Crippen LogP contribution in [0.15, 0.2) is 163 Å². The van der Waals surface area contributed by atoms with Crippen molar-refractivity contribution in [2.75, 3.05) is 31.0 Å². The van der Waals surface area contributed by atoms with Crippen molar-refractivity contribution in [3.63, 3.8) is 0 Å². The molecule has 83 heavy (non-hydrogen) atoms. The second kappa shape index (κ2) is 25.4. The maximum atomic E-state index is 14.5. The molecule has 1 fully saturated rings. The number of thiazole rings is 1. The third-order valence-electron chi connectivity index (χ3n) is 12.5. The van der Waals surface area contributed by atoms with Gasteiger partial charge in [0.05, 0.1) is 15.8 Å². The average Bonchev–Trinajstić information content (AvgIpc) is 2.17. The Morgan fingerprint density at radius 2 is 1.35 bits per heavy atom. The molecule has 1 unspecified atom stereocenters. The summed E-state index contributed by atoms with van der Waals surface area (Å²) in [5.41, 5.74) is 0.742. The highest BCUT2D eigenvalue weighted by atomic mass is 79.9. The molecule has 23 heteroatoms. The van der Waals surface area contributed by atoms with Crippen LogP contribution in [0.2, 0.25) is 0 Å². The summed E-state index contributed by atoms with van der Waals surface area (Å²) in [6.07, 6.45) is -2.18. The summed E-state index contributed by atoms with van der Waals surface area (Å²) in [7, 11) is 2.85. The van der Waals surface area contributed by atoms with Crippen LogP contribution < -0.4 is 30.3 Å². The largest absolute Gasteiger partial charge is 0.514 e. The average molecular weight is 1260 g/mol. The Morgan fingerprint density at radius 3 is 1.89 bits per heavy atom. The number of oxime groups is 1. The molecule has 0 bridgehead atoms. The molecule has 2 atom stereocenters. The first-order valence-electron chi connectivity index (χ1n) is 25.7. The number of hydrogen-bond acceptors (Lipinski definition) is 20. The molecule has 0 aliphatic carbocycles. The van der Waals surface area contributed by atoms with Crippen molar-refractivity contribution in [3.8, 4) is 17.2 Å². The van der Waals surface area contributed by atoms with Crippen molar-refractivity contribution in [3.05, 3.63) is 187 Å². The zero-order valence-electron chi connectivity index (χ0n) is 46.1. The van der Waals surface area contributed by atoms with Crippen molar-refractivity contribution in [1.29, 1.82) is 0 Å². The number of nitrogens with zero attached hydrogens (tertiary/aromatic N) is 3. The Kier molecular flexibility index (Phi) is 18.4. The number of fused-ring (bicyclic) bond motifs is 2. The van der Waals surface area contributed by atoms with Gasteiger partial charge in [0.25, 0.3) is 11.8 Å². The molecule has 9 rings (SSSR count). The maximum absolute atomic E-state index is 14.5. The van der Waals surface area contributed by atoms with Gasteiger partial charge < -0.3 is 43.9 Å². The third kappa shape index (κ3) is 13.7. The number of rotatable bonds is 18. The van der Waals surface area contributed by atoms with Crippen LogP contribution in [-0.2, 0) is 45.6 Å². The number of halogens is 1. The number of anilines is 1. The van der Waals surface area contributed by atoms with Crippen LogP contribution >= 0.6 is 62.1 Å². The monoisotopic (exact) mass is 1260 g/mol. The number of amides is 2. The van der Waals surface area contributed by atoms with Crippen molar-refractivity contribution < 1.29 is 57.2 Å². The maximum Gasteiger partial charge on any atom is 0.514 e. The van der Waals surface area contributed by atoms with E-state index in [4.69, 9.17) is 38.2 Å². The summed E-state index contributed by atoms with van der Waals surface area (Å²) in [5.74, 6) is -1.66. The van der Waals surface area contributed by atoms with Crippen molar-refractivity contribution in [2.45, 2.75) is 80.5 Å². The van der Waals surface area contributed by atoms with Crippen LogP contribution in [0.3, 0.4) is 0 Å². The normalized spacial score (nSPS) is 15.4. The summed E-state index contributed by atoms with van der Waals surface area (Å²) < 4.78 is 33.9. The molecule has 4 heterocycles. The van der Waals surface area contributed by atoms with Gasteiger partial charge in [-0.3, -0.25) is 19.3 Å². The lowest BCUT2D eigenvalue weighted by Crippen LogP contribution is -2.71. The Balaban J connectivity index is 0.986. The number of benzene rings is 5. The minimum Gasteiger partial charge on any atom is -0.497 e. The van der Waals surface area contributed by atoms with Crippen molar-refractivity contribution >= 4 is 113 Å². The van der Waals surface area contributed by atoms with E-state index in [-0.39, 0.29) is 56.6 Å². The van der Waals surface area contributed by atoms with Crippen molar-refractivity contribution in [1.82, 2.24) is 15.2 Å². The topological polar surface area (TPSA) is 220 Å². The lowest BCUT2D eigenvalue weighted by atomic mass is 9.77. The predicted molar refractivity (Wildman–Crippen MR) is 324 cm³/mol. The number of nitrogens with one attached hydrogen (secondary N) is 2. The van der Waals surface area contributed by atoms with E-state index in [1.165, 1.54) is 59.0 Å². The molecule has 2 N–H and O–H groups in total. The van der Waals surface area contributed by atoms with Gasteiger partial charge in [0.2, 0.25) is 5.43 Å². The number of β-lactam (4-membered cyclic amide) rings is 1. The zero-order valence-corrected chi connectivity index (χ0v) is 51.0. The van der Waals surface area contributed by atoms with Crippen molar-refractivity contribution in [2.24, 2.45) is 5.16 Å². The highest BCUT2D eigenvalue weighted by Gasteiger charge is 2.55. The number of thioether (sulfide) groups is 2. The van der Waals surface area contributed by atoms with Gasteiger partial charge in [0.15, 0.2) is 22.3 Å². The fraction of sp³-hybridized carbons (Fsp3) is 0.267. The highest BCUT2D eigenvalue weighted by molar-refractivity contribution is 9.10. The minimum atomic E-state index is -1.10. The van der Waals surface area contributed by atoms with E-state index >= 15 is 0 Å². The second-order valence-electron chi connectivity index (χ2n) is 20.6. The molecule has 5 aromatic carbocycles. The molecule has 18 nitrogen and oxygen atoms in total. The van der Waals surface area contributed by atoms with E-state index in [0.29, 0.717) is 30.9 Å². The molecule has 2 aliphatic rings. The summed E-state index contributed by atoms with van der Waals surface area (Å²) in [4.78, 5) is 94.6. The van der Waals surface area contributed by atoms with Crippen LogP contribution in [0.1, 0.15) is 69.5 Å². The van der Waals surface area contributed by atoms with E-state index in [1.807, 2.05) is 91.0 Å². The van der Waals surface area contributed by atoms with Gasteiger partial charge in [0, 0.05) is 33.0 Å². The van der Waals surface area contributed by atoms with Crippen LogP contribution in [0.4, 0.5) is 14.7 Å².